The number of aliphatic hydroxyl groups is 4. The second-order valence-corrected chi connectivity index (χ2v) is 17.5. The predicted octanol–water partition coefficient (Wildman–Crippen LogP) is 3.43. The van der Waals surface area contributed by atoms with Crippen molar-refractivity contribution in [2.24, 2.45) is 17.8 Å². The van der Waals surface area contributed by atoms with Gasteiger partial charge in [0.25, 0.3) is 0 Å². The zero-order valence-electron chi connectivity index (χ0n) is 34.1. The number of carbonyl (C=O) groups is 1. The van der Waals surface area contributed by atoms with Crippen LogP contribution in [0.3, 0.4) is 0 Å². The van der Waals surface area contributed by atoms with Crippen molar-refractivity contribution in [3.8, 4) is 0 Å². The first kappa shape index (κ1) is 43.3. The molecule has 4 aliphatic heterocycles. The Morgan fingerprint density at radius 2 is 1.58 bits per heavy atom. The molecule has 4 heterocycles. The van der Waals surface area contributed by atoms with Gasteiger partial charge in [-0.25, -0.2) is 0 Å². The predicted molar refractivity (Wildman–Crippen MR) is 193 cm³/mol. The molecule has 13 heteroatoms. The maximum Gasteiger partial charge on any atom is 0.311 e. The molecule has 3 fully saturated rings. The number of hydrogen-bond acceptors (Lipinski definition) is 12. The van der Waals surface area contributed by atoms with Gasteiger partial charge >= 0.3 is 5.97 Å². The fourth-order valence-electron chi connectivity index (χ4n) is 9.15. The Hall–Kier alpha value is -1.39. The maximum atomic E-state index is 14.2. The van der Waals surface area contributed by atoms with E-state index < -0.39 is 95.8 Å². The molecular formula is C39H70NO12+. The monoisotopic (exact) mass is 744 g/mol. The quantitative estimate of drug-likeness (QED) is 0.212. The van der Waals surface area contributed by atoms with Crippen LogP contribution in [0.4, 0.5) is 0 Å². The van der Waals surface area contributed by atoms with Gasteiger partial charge in [-0.3, -0.25) is 4.79 Å². The van der Waals surface area contributed by atoms with E-state index in [4.69, 9.17) is 33.2 Å². The smallest absolute Gasteiger partial charge is 0.311 e. The Bertz CT molecular complexity index is 1280. The number of ether oxygens (including phenoxy) is 7. The second-order valence-electron chi connectivity index (χ2n) is 17.5. The van der Waals surface area contributed by atoms with E-state index in [-0.39, 0.29) is 25.0 Å². The summed E-state index contributed by atoms with van der Waals surface area (Å²) in [6.45, 7) is 21.0. The summed E-state index contributed by atoms with van der Waals surface area (Å²) in [6.07, 6.45) is -7.32. The van der Waals surface area contributed by atoms with Gasteiger partial charge in [0.2, 0.25) is 0 Å². The van der Waals surface area contributed by atoms with Crippen LogP contribution in [0, 0.1) is 17.8 Å². The number of fused-ring (bicyclic) bond motifs is 2. The van der Waals surface area contributed by atoms with E-state index in [9.17, 15) is 25.2 Å². The first-order valence-electron chi connectivity index (χ1n) is 19.3. The minimum absolute atomic E-state index is 0.170. The summed E-state index contributed by atoms with van der Waals surface area (Å²) in [5, 5.41) is 46.3. The number of carbonyl (C=O) groups excluding carboxylic acids is 1. The molecule has 3 saturated heterocycles. The van der Waals surface area contributed by atoms with Crippen molar-refractivity contribution in [2.75, 3.05) is 27.7 Å². The summed E-state index contributed by atoms with van der Waals surface area (Å²) in [4.78, 5) is 14.2. The average molecular weight is 745 g/mol. The highest BCUT2D eigenvalue weighted by Crippen LogP contribution is 2.47. The Labute approximate surface area is 311 Å². The number of likely N-dealkylation sites (N-methyl/N-ethyl adjacent to an activating group) is 1. The summed E-state index contributed by atoms with van der Waals surface area (Å²) in [6, 6.07) is -0.170. The summed E-state index contributed by atoms with van der Waals surface area (Å²) in [5.41, 5.74) is -3.00. The minimum atomic E-state index is -1.82. The van der Waals surface area contributed by atoms with Crippen molar-refractivity contribution in [3.63, 3.8) is 0 Å². The summed E-state index contributed by atoms with van der Waals surface area (Å²) in [5.74, 6) is -2.31. The molecule has 0 aliphatic carbocycles. The van der Waals surface area contributed by atoms with Gasteiger partial charge in [-0.05, 0) is 67.4 Å². The molecule has 302 valence electrons. The SMILES string of the molecule is CCC1OC(=O)C(C)C(O[C@H]2C[C@@](C)(OC)[C@@H](O)[C@@H](C)O2)C(C)[C@@H](O[C@@H]2O[C@H](C)C[C@@H]([N+](C)(C)CC)[C@H]2O)[C@]2(C)CC(C)=C(O2)[C@H](C)[C@@H](O)[C@]1(C)O. The lowest BCUT2D eigenvalue weighted by molar-refractivity contribution is -0.920. The van der Waals surface area contributed by atoms with E-state index in [1.54, 1.807) is 34.6 Å². The van der Waals surface area contributed by atoms with Crippen molar-refractivity contribution >= 4 is 5.97 Å². The molecule has 0 aromatic heterocycles. The lowest BCUT2D eigenvalue weighted by atomic mass is 9.78. The summed E-state index contributed by atoms with van der Waals surface area (Å²) >= 11 is 0. The maximum absolute atomic E-state index is 14.2. The van der Waals surface area contributed by atoms with Gasteiger partial charge in [0.15, 0.2) is 18.7 Å². The van der Waals surface area contributed by atoms with Crippen molar-refractivity contribution in [2.45, 2.75) is 186 Å². The first-order valence-corrected chi connectivity index (χ1v) is 19.3. The van der Waals surface area contributed by atoms with Crippen LogP contribution in [0.2, 0.25) is 0 Å². The van der Waals surface area contributed by atoms with Gasteiger partial charge in [-0.15, -0.1) is 0 Å². The second kappa shape index (κ2) is 16.0. The molecular weight excluding hydrogens is 674 g/mol. The number of rotatable bonds is 8. The van der Waals surface area contributed by atoms with E-state index in [0.717, 1.165) is 12.1 Å². The Balaban J connectivity index is 1.85. The van der Waals surface area contributed by atoms with Crippen LogP contribution in [-0.2, 0) is 38.0 Å². The van der Waals surface area contributed by atoms with Crippen LogP contribution in [0.1, 0.15) is 102 Å². The van der Waals surface area contributed by atoms with Gasteiger partial charge in [-0.1, -0.05) is 20.8 Å². The molecule has 0 saturated carbocycles. The molecule has 4 rings (SSSR count). The van der Waals surface area contributed by atoms with Crippen molar-refractivity contribution in [1.82, 2.24) is 0 Å². The molecule has 2 bridgehead atoms. The van der Waals surface area contributed by atoms with Gasteiger partial charge < -0.3 is 58.1 Å². The number of cyclic esters (lactones) is 1. The number of aliphatic hydroxyl groups excluding tert-OH is 3. The summed E-state index contributed by atoms with van der Waals surface area (Å²) < 4.78 is 45.6. The fraction of sp³-hybridized carbons (Fsp3) is 0.923. The van der Waals surface area contributed by atoms with Crippen molar-refractivity contribution in [3.05, 3.63) is 11.3 Å². The van der Waals surface area contributed by atoms with E-state index in [2.05, 4.69) is 21.0 Å². The van der Waals surface area contributed by atoms with Gasteiger partial charge in [0.05, 0.1) is 56.6 Å². The van der Waals surface area contributed by atoms with Crippen molar-refractivity contribution in [1.29, 1.82) is 0 Å². The van der Waals surface area contributed by atoms with Crippen LogP contribution < -0.4 is 0 Å². The topological polar surface area (TPSA) is 163 Å². The fourth-order valence-corrected chi connectivity index (χ4v) is 9.15. The molecule has 0 radical (unpaired) electrons. The molecule has 0 spiro atoms. The van der Waals surface area contributed by atoms with Crippen molar-refractivity contribution < 1.29 is 62.9 Å². The molecule has 0 amide bonds. The Kier molecular flexibility index (Phi) is 13.3. The summed E-state index contributed by atoms with van der Waals surface area (Å²) in [7, 11) is 5.71. The number of esters is 1. The molecule has 17 atom stereocenters. The normalized spacial score (nSPS) is 48.3. The van der Waals surface area contributed by atoms with Gasteiger partial charge in [-0.2, -0.15) is 0 Å². The molecule has 4 aliphatic rings. The molecule has 4 N–H and O–H groups in total. The lowest BCUT2D eigenvalue weighted by Gasteiger charge is -2.49. The largest absolute Gasteiger partial charge is 0.489 e. The number of quaternary nitrogens is 1. The standard InChI is InChI=1S/C39H70NO12/c1-15-27-39(11,45)32(42)22(5)30-20(3)18-38(10,52-30)34(51-36-29(41)26(17-21(4)47-36)40(12,13)16-2)23(6)31(24(7)35(44)49-27)50-28-19-37(9,46-14)33(43)25(8)48-28/h21-29,31-34,36,41-43,45H,15-19H2,1-14H3/q+1/t21-,22+,23?,24?,25-,26-,27?,28+,29-,31?,32-,33+,34-,36+,37-,38+,39-/m1/s1. The highest BCUT2D eigenvalue weighted by molar-refractivity contribution is 5.73. The Morgan fingerprint density at radius 3 is 2.15 bits per heavy atom. The zero-order chi connectivity index (χ0) is 39.3. The number of methoxy groups -OCH3 is 1. The van der Waals surface area contributed by atoms with Crippen LogP contribution >= 0.6 is 0 Å². The first-order chi connectivity index (χ1) is 24.0. The number of nitrogens with zero attached hydrogens (tertiary/aromatic N) is 1. The van der Waals surface area contributed by atoms with E-state index in [0.29, 0.717) is 23.1 Å². The van der Waals surface area contributed by atoms with E-state index in [1.165, 1.54) is 14.0 Å². The van der Waals surface area contributed by atoms with E-state index in [1.807, 2.05) is 27.7 Å². The third-order valence-electron chi connectivity index (χ3n) is 13.0. The number of hydrogen-bond donors (Lipinski definition) is 4. The highest BCUT2D eigenvalue weighted by Gasteiger charge is 2.57. The van der Waals surface area contributed by atoms with Crippen LogP contribution in [0.5, 0.6) is 0 Å². The molecule has 0 aromatic rings. The molecule has 13 nitrogen and oxygen atoms in total. The van der Waals surface area contributed by atoms with Crippen LogP contribution in [0.15, 0.2) is 11.3 Å². The van der Waals surface area contributed by atoms with Gasteiger partial charge in [0.1, 0.15) is 41.3 Å². The zero-order valence-corrected chi connectivity index (χ0v) is 34.1. The Morgan fingerprint density at radius 1 is 0.942 bits per heavy atom. The van der Waals surface area contributed by atoms with E-state index >= 15 is 0 Å². The average Bonchev–Trinajstić information content (AvgIpc) is 3.40. The highest BCUT2D eigenvalue weighted by atomic mass is 16.7. The molecule has 52 heavy (non-hydrogen) atoms. The minimum Gasteiger partial charge on any atom is -0.489 e. The molecule has 0 aromatic carbocycles. The van der Waals surface area contributed by atoms with Crippen LogP contribution in [0.25, 0.3) is 0 Å². The third-order valence-corrected chi connectivity index (χ3v) is 13.0. The third kappa shape index (κ3) is 8.24. The van der Waals surface area contributed by atoms with Gasteiger partial charge in [0, 0.05) is 38.2 Å². The molecule has 4 unspecified atom stereocenters. The van der Waals surface area contributed by atoms with Crippen LogP contribution in [-0.4, -0.2) is 143 Å². The lowest BCUT2D eigenvalue weighted by Crippen LogP contribution is -2.64.